The van der Waals surface area contributed by atoms with Crippen molar-refractivity contribution < 1.29 is 4.79 Å². The van der Waals surface area contributed by atoms with E-state index in [9.17, 15) is 4.79 Å². The molecule has 0 unspecified atom stereocenters. The van der Waals surface area contributed by atoms with Gasteiger partial charge in [0, 0.05) is 28.6 Å². The highest BCUT2D eigenvalue weighted by Crippen LogP contribution is 2.26. The molecule has 0 spiro atoms. The summed E-state index contributed by atoms with van der Waals surface area (Å²) in [5, 5.41) is 0.674. The number of Topliss-reactive ketones (excluding diaryl/α,β-unsaturated/α-hetero) is 1. The van der Waals surface area contributed by atoms with Gasteiger partial charge in [0.05, 0.1) is 5.02 Å². The van der Waals surface area contributed by atoms with Gasteiger partial charge in [0.15, 0.2) is 5.78 Å². The van der Waals surface area contributed by atoms with E-state index in [0.717, 1.165) is 21.8 Å². The lowest BCUT2D eigenvalue weighted by molar-refractivity contribution is 0.101. The van der Waals surface area contributed by atoms with Crippen LogP contribution in [0.15, 0.2) is 47.6 Å². The summed E-state index contributed by atoms with van der Waals surface area (Å²) in [6.07, 6.45) is 3.37. The molecular formula is C14H12ClNOS. The van der Waals surface area contributed by atoms with Crippen LogP contribution in [0, 0.1) is 0 Å². The second-order valence-electron chi connectivity index (χ2n) is 3.84. The topological polar surface area (TPSA) is 30.0 Å². The molecule has 2 nitrogen and oxygen atoms in total. The van der Waals surface area contributed by atoms with E-state index in [0.29, 0.717) is 5.02 Å². The Hall–Kier alpha value is -1.32. The number of nitrogens with zero attached hydrogens (tertiary/aromatic N) is 1. The lowest BCUT2D eigenvalue weighted by Crippen LogP contribution is -1.91. The quantitative estimate of drug-likeness (QED) is 0.619. The van der Waals surface area contributed by atoms with E-state index < -0.39 is 0 Å². The highest BCUT2D eigenvalue weighted by Gasteiger charge is 2.03. The number of carbonyl (C=O) groups is 1. The Morgan fingerprint density at radius 1 is 1.39 bits per heavy atom. The van der Waals surface area contributed by atoms with Gasteiger partial charge in [0.2, 0.25) is 0 Å². The first-order chi connectivity index (χ1) is 8.66. The van der Waals surface area contributed by atoms with Crippen molar-refractivity contribution in [2.75, 3.05) is 0 Å². The standard InChI is InChI=1S/C14H12ClNOS/c1-10(17)11-3-2-4-13(7-11)18-9-12-5-6-16-8-14(12)15/h2-8H,9H2,1H3. The molecule has 1 aromatic heterocycles. The fourth-order valence-corrected chi connectivity index (χ4v) is 2.71. The van der Waals surface area contributed by atoms with E-state index in [1.54, 1.807) is 31.1 Å². The molecule has 0 aliphatic carbocycles. The smallest absolute Gasteiger partial charge is 0.159 e. The Morgan fingerprint density at radius 2 is 2.22 bits per heavy atom. The molecule has 0 N–H and O–H groups in total. The summed E-state index contributed by atoms with van der Waals surface area (Å²) >= 11 is 7.70. The number of pyridine rings is 1. The molecule has 0 saturated carbocycles. The van der Waals surface area contributed by atoms with Gasteiger partial charge in [-0.15, -0.1) is 11.8 Å². The van der Waals surface area contributed by atoms with E-state index in [1.807, 2.05) is 30.3 Å². The molecule has 4 heteroatoms. The lowest BCUT2D eigenvalue weighted by Gasteiger charge is -2.04. The number of benzene rings is 1. The van der Waals surface area contributed by atoms with Gasteiger partial charge in [0.1, 0.15) is 0 Å². The third kappa shape index (κ3) is 3.34. The fraction of sp³-hybridized carbons (Fsp3) is 0.143. The zero-order valence-corrected chi connectivity index (χ0v) is 11.5. The molecule has 0 amide bonds. The van der Waals surface area contributed by atoms with Crippen LogP contribution in [0.4, 0.5) is 0 Å². The molecule has 18 heavy (non-hydrogen) atoms. The maximum atomic E-state index is 11.3. The van der Waals surface area contributed by atoms with Crippen molar-refractivity contribution in [1.82, 2.24) is 4.98 Å². The van der Waals surface area contributed by atoms with Crippen molar-refractivity contribution in [1.29, 1.82) is 0 Å². The molecule has 0 bridgehead atoms. The van der Waals surface area contributed by atoms with Crippen molar-refractivity contribution in [3.05, 3.63) is 58.9 Å². The van der Waals surface area contributed by atoms with E-state index in [4.69, 9.17) is 11.6 Å². The molecular weight excluding hydrogens is 266 g/mol. The van der Waals surface area contributed by atoms with Crippen LogP contribution in [-0.2, 0) is 5.75 Å². The van der Waals surface area contributed by atoms with Crippen molar-refractivity contribution in [3.8, 4) is 0 Å². The van der Waals surface area contributed by atoms with Crippen molar-refractivity contribution in [2.24, 2.45) is 0 Å². The lowest BCUT2D eigenvalue weighted by atomic mass is 10.2. The minimum atomic E-state index is 0.0828. The predicted molar refractivity (Wildman–Crippen MR) is 75.3 cm³/mol. The third-order valence-corrected chi connectivity index (χ3v) is 3.87. The molecule has 0 fully saturated rings. The van der Waals surface area contributed by atoms with Crippen molar-refractivity contribution in [3.63, 3.8) is 0 Å². The average Bonchev–Trinajstić information content (AvgIpc) is 2.38. The highest BCUT2D eigenvalue weighted by atomic mass is 35.5. The van der Waals surface area contributed by atoms with E-state index >= 15 is 0 Å². The Kier molecular flexibility index (Phi) is 4.39. The van der Waals surface area contributed by atoms with Gasteiger partial charge < -0.3 is 0 Å². The molecule has 0 saturated heterocycles. The number of carbonyl (C=O) groups excluding carboxylic acids is 1. The van der Waals surface area contributed by atoms with Gasteiger partial charge in [-0.05, 0) is 30.7 Å². The summed E-state index contributed by atoms with van der Waals surface area (Å²) in [6, 6.07) is 9.53. The SMILES string of the molecule is CC(=O)c1cccc(SCc2ccncc2Cl)c1. The van der Waals surface area contributed by atoms with Gasteiger partial charge in [-0.1, -0.05) is 23.7 Å². The number of rotatable bonds is 4. The normalized spacial score (nSPS) is 10.3. The zero-order chi connectivity index (χ0) is 13.0. The van der Waals surface area contributed by atoms with Gasteiger partial charge >= 0.3 is 0 Å². The monoisotopic (exact) mass is 277 g/mol. The van der Waals surface area contributed by atoms with Gasteiger partial charge in [-0.25, -0.2) is 0 Å². The second kappa shape index (κ2) is 6.03. The Balaban J connectivity index is 2.09. The number of aromatic nitrogens is 1. The van der Waals surface area contributed by atoms with Crippen LogP contribution in [0.1, 0.15) is 22.8 Å². The van der Waals surface area contributed by atoms with E-state index in [1.165, 1.54) is 0 Å². The minimum absolute atomic E-state index is 0.0828. The summed E-state index contributed by atoms with van der Waals surface area (Å²) < 4.78 is 0. The number of ketones is 1. The van der Waals surface area contributed by atoms with Crippen molar-refractivity contribution in [2.45, 2.75) is 17.6 Å². The van der Waals surface area contributed by atoms with Crippen molar-refractivity contribution >= 4 is 29.1 Å². The summed E-state index contributed by atoms with van der Waals surface area (Å²) in [4.78, 5) is 16.3. The molecule has 2 rings (SSSR count). The second-order valence-corrected chi connectivity index (χ2v) is 5.30. The third-order valence-electron chi connectivity index (χ3n) is 2.49. The van der Waals surface area contributed by atoms with E-state index in [-0.39, 0.29) is 5.78 Å². The average molecular weight is 278 g/mol. The molecule has 1 heterocycles. The maximum absolute atomic E-state index is 11.3. The molecule has 0 aliphatic rings. The molecule has 0 aliphatic heterocycles. The van der Waals surface area contributed by atoms with Gasteiger partial charge in [-0.3, -0.25) is 9.78 Å². The van der Waals surface area contributed by atoms with E-state index in [2.05, 4.69) is 4.98 Å². The summed E-state index contributed by atoms with van der Waals surface area (Å²) in [7, 11) is 0. The van der Waals surface area contributed by atoms with Crippen LogP contribution in [0.25, 0.3) is 0 Å². The first-order valence-corrected chi connectivity index (χ1v) is 6.85. The molecule has 2 aromatic rings. The van der Waals surface area contributed by atoms with Crippen LogP contribution in [0.2, 0.25) is 5.02 Å². The predicted octanol–water partition coefficient (Wildman–Crippen LogP) is 4.23. The van der Waals surface area contributed by atoms with Gasteiger partial charge in [-0.2, -0.15) is 0 Å². The molecule has 1 aromatic carbocycles. The number of thioether (sulfide) groups is 1. The summed E-state index contributed by atoms with van der Waals surface area (Å²) in [5.41, 5.74) is 1.78. The zero-order valence-electron chi connectivity index (χ0n) is 9.89. The Labute approximate surface area is 115 Å². The Bertz CT molecular complexity index is 571. The summed E-state index contributed by atoms with van der Waals surface area (Å²) in [6.45, 7) is 1.57. The number of halogens is 1. The van der Waals surface area contributed by atoms with Crippen LogP contribution in [-0.4, -0.2) is 10.8 Å². The van der Waals surface area contributed by atoms with Crippen LogP contribution >= 0.6 is 23.4 Å². The largest absolute Gasteiger partial charge is 0.295 e. The fourth-order valence-electron chi connectivity index (χ4n) is 1.49. The Morgan fingerprint density at radius 3 is 2.94 bits per heavy atom. The highest BCUT2D eigenvalue weighted by molar-refractivity contribution is 7.98. The first-order valence-electron chi connectivity index (χ1n) is 5.49. The minimum Gasteiger partial charge on any atom is -0.295 e. The summed E-state index contributed by atoms with van der Waals surface area (Å²) in [5.74, 6) is 0.849. The maximum Gasteiger partial charge on any atom is 0.159 e. The van der Waals surface area contributed by atoms with Crippen LogP contribution in [0.5, 0.6) is 0 Å². The first kappa shape index (κ1) is 13.1. The molecule has 0 radical (unpaired) electrons. The van der Waals surface area contributed by atoms with Crippen LogP contribution in [0.3, 0.4) is 0 Å². The van der Waals surface area contributed by atoms with Crippen LogP contribution < -0.4 is 0 Å². The number of hydrogen-bond donors (Lipinski definition) is 0. The molecule has 92 valence electrons. The molecule has 0 atom stereocenters. The number of hydrogen-bond acceptors (Lipinski definition) is 3. The van der Waals surface area contributed by atoms with Gasteiger partial charge in [0.25, 0.3) is 0 Å².